The first-order valence-electron chi connectivity index (χ1n) is 10.0. The highest BCUT2D eigenvalue weighted by molar-refractivity contribution is 6.00. The fraction of sp³-hybridized carbons (Fsp3) is 0.364. The number of anilines is 1. The van der Waals surface area contributed by atoms with E-state index in [2.05, 4.69) is 5.32 Å². The third-order valence-electron chi connectivity index (χ3n) is 5.40. The van der Waals surface area contributed by atoms with Crippen LogP contribution in [0.2, 0.25) is 0 Å². The number of ether oxygens (including phenoxy) is 4. The molecule has 0 unspecified atom stereocenters. The molecule has 1 saturated heterocycles. The summed E-state index contributed by atoms with van der Waals surface area (Å²) in [7, 11) is 0. The highest BCUT2D eigenvalue weighted by atomic mass is 16.6. The van der Waals surface area contributed by atoms with E-state index in [1.54, 1.807) is 17.0 Å². The number of carbonyl (C=O) groups excluding carboxylic acids is 2. The molecule has 0 bridgehead atoms. The van der Waals surface area contributed by atoms with Gasteiger partial charge in [-0.25, -0.2) is 0 Å². The van der Waals surface area contributed by atoms with Crippen LogP contribution in [-0.2, 0) is 9.59 Å². The fourth-order valence-corrected chi connectivity index (χ4v) is 3.86. The summed E-state index contributed by atoms with van der Waals surface area (Å²) in [5.74, 6) is 2.00. The van der Waals surface area contributed by atoms with Crippen molar-refractivity contribution in [3.8, 4) is 23.0 Å². The maximum absolute atomic E-state index is 12.7. The second-order valence-corrected chi connectivity index (χ2v) is 7.48. The van der Waals surface area contributed by atoms with Gasteiger partial charge in [0, 0.05) is 24.7 Å². The Bertz CT molecular complexity index is 978. The summed E-state index contributed by atoms with van der Waals surface area (Å²) in [5, 5.41) is 2.90. The number of fused-ring (bicyclic) bond motifs is 2. The number of hydrogen-bond acceptors (Lipinski definition) is 6. The fourth-order valence-electron chi connectivity index (χ4n) is 3.86. The molecule has 2 amide bonds. The van der Waals surface area contributed by atoms with E-state index in [0.717, 1.165) is 0 Å². The molecule has 2 atom stereocenters. The average Bonchev–Trinajstić information content (AvgIpc) is 3.18. The first kappa shape index (κ1) is 18.6. The lowest BCUT2D eigenvalue weighted by Crippen LogP contribution is -2.43. The van der Waals surface area contributed by atoms with Crippen LogP contribution >= 0.6 is 0 Å². The van der Waals surface area contributed by atoms with Crippen molar-refractivity contribution in [2.24, 2.45) is 5.92 Å². The Labute approximate surface area is 173 Å². The van der Waals surface area contributed by atoms with Crippen LogP contribution in [0.15, 0.2) is 42.5 Å². The first-order chi connectivity index (χ1) is 14.7. The van der Waals surface area contributed by atoms with Gasteiger partial charge in [-0.3, -0.25) is 9.59 Å². The Hall–Kier alpha value is -3.42. The SMILES string of the molecule is O=C(NC[C@@H]1COc2ccccc2O1)[C@@H]1CC(=O)N(c2ccc3c(c2)OCCO3)C1. The minimum absolute atomic E-state index is 0.0852. The largest absolute Gasteiger partial charge is 0.486 e. The number of para-hydroxylation sites is 2. The molecule has 1 fully saturated rings. The van der Waals surface area contributed by atoms with Crippen LogP contribution in [0.25, 0.3) is 0 Å². The molecule has 1 N–H and O–H groups in total. The van der Waals surface area contributed by atoms with E-state index in [1.807, 2.05) is 30.3 Å². The van der Waals surface area contributed by atoms with Crippen LogP contribution in [0.5, 0.6) is 23.0 Å². The van der Waals surface area contributed by atoms with E-state index in [1.165, 1.54) is 0 Å². The summed E-state index contributed by atoms with van der Waals surface area (Å²) in [6.45, 7) is 2.01. The van der Waals surface area contributed by atoms with E-state index in [4.69, 9.17) is 18.9 Å². The first-order valence-corrected chi connectivity index (χ1v) is 10.0. The van der Waals surface area contributed by atoms with E-state index in [-0.39, 0.29) is 24.3 Å². The second kappa shape index (κ2) is 7.78. The predicted octanol–water partition coefficient (Wildman–Crippen LogP) is 1.77. The van der Waals surface area contributed by atoms with Gasteiger partial charge < -0.3 is 29.2 Å². The van der Waals surface area contributed by atoms with Crippen molar-refractivity contribution in [3.05, 3.63) is 42.5 Å². The number of carbonyl (C=O) groups is 2. The van der Waals surface area contributed by atoms with Gasteiger partial charge in [0.1, 0.15) is 25.9 Å². The summed E-state index contributed by atoms with van der Waals surface area (Å²) < 4.78 is 22.7. The predicted molar refractivity (Wildman–Crippen MR) is 107 cm³/mol. The molecule has 2 aromatic rings. The van der Waals surface area contributed by atoms with Crippen molar-refractivity contribution >= 4 is 17.5 Å². The van der Waals surface area contributed by atoms with Crippen LogP contribution in [0.4, 0.5) is 5.69 Å². The van der Waals surface area contributed by atoms with Crippen molar-refractivity contribution in [2.45, 2.75) is 12.5 Å². The molecule has 8 nitrogen and oxygen atoms in total. The molecule has 8 heteroatoms. The number of hydrogen-bond donors (Lipinski definition) is 1. The number of rotatable bonds is 4. The zero-order valence-corrected chi connectivity index (χ0v) is 16.3. The van der Waals surface area contributed by atoms with Crippen molar-refractivity contribution in [2.75, 3.05) is 37.8 Å². The van der Waals surface area contributed by atoms with E-state index >= 15 is 0 Å². The molecular weight excluding hydrogens is 388 g/mol. The van der Waals surface area contributed by atoms with Crippen LogP contribution in [-0.4, -0.2) is 50.8 Å². The Morgan fingerprint density at radius 1 is 1.00 bits per heavy atom. The van der Waals surface area contributed by atoms with Gasteiger partial charge >= 0.3 is 0 Å². The Morgan fingerprint density at radius 2 is 1.77 bits per heavy atom. The molecule has 5 rings (SSSR count). The Morgan fingerprint density at radius 3 is 2.63 bits per heavy atom. The van der Waals surface area contributed by atoms with Gasteiger partial charge in [0.25, 0.3) is 0 Å². The van der Waals surface area contributed by atoms with Gasteiger partial charge in [0.15, 0.2) is 23.0 Å². The quantitative estimate of drug-likeness (QED) is 0.827. The Balaban J connectivity index is 1.18. The molecule has 3 aliphatic rings. The van der Waals surface area contributed by atoms with Crippen molar-refractivity contribution in [3.63, 3.8) is 0 Å². The summed E-state index contributed by atoms with van der Waals surface area (Å²) in [6.07, 6.45) is -0.0969. The topological polar surface area (TPSA) is 86.3 Å². The zero-order valence-electron chi connectivity index (χ0n) is 16.3. The van der Waals surface area contributed by atoms with Gasteiger partial charge in [-0.15, -0.1) is 0 Å². The molecule has 3 heterocycles. The molecule has 30 heavy (non-hydrogen) atoms. The molecule has 2 aromatic carbocycles. The third kappa shape index (κ3) is 3.60. The van der Waals surface area contributed by atoms with Gasteiger partial charge in [0.2, 0.25) is 11.8 Å². The number of nitrogens with one attached hydrogen (secondary N) is 1. The van der Waals surface area contributed by atoms with Crippen molar-refractivity contribution < 1.29 is 28.5 Å². The molecular formula is C22H22N2O6. The van der Waals surface area contributed by atoms with Crippen molar-refractivity contribution in [1.82, 2.24) is 5.32 Å². The maximum Gasteiger partial charge on any atom is 0.227 e. The minimum Gasteiger partial charge on any atom is -0.486 e. The summed E-state index contributed by atoms with van der Waals surface area (Å²) in [4.78, 5) is 26.8. The van der Waals surface area contributed by atoms with Crippen LogP contribution in [0.1, 0.15) is 6.42 Å². The van der Waals surface area contributed by atoms with E-state index in [0.29, 0.717) is 61.6 Å². The van der Waals surface area contributed by atoms with E-state index in [9.17, 15) is 9.59 Å². The number of amides is 2. The zero-order chi connectivity index (χ0) is 20.5. The van der Waals surface area contributed by atoms with Crippen LogP contribution in [0.3, 0.4) is 0 Å². The van der Waals surface area contributed by atoms with Gasteiger partial charge in [-0.2, -0.15) is 0 Å². The summed E-state index contributed by atoms with van der Waals surface area (Å²) >= 11 is 0. The van der Waals surface area contributed by atoms with Crippen LogP contribution < -0.4 is 29.2 Å². The third-order valence-corrected chi connectivity index (χ3v) is 5.40. The lowest BCUT2D eigenvalue weighted by Gasteiger charge is -2.27. The molecule has 156 valence electrons. The summed E-state index contributed by atoms with van der Waals surface area (Å²) in [6, 6.07) is 12.8. The smallest absolute Gasteiger partial charge is 0.227 e. The van der Waals surface area contributed by atoms with Crippen molar-refractivity contribution in [1.29, 1.82) is 0 Å². The normalized spacial score (nSPS) is 22.0. The lowest BCUT2D eigenvalue weighted by molar-refractivity contribution is -0.126. The highest BCUT2D eigenvalue weighted by Gasteiger charge is 2.36. The molecule has 0 aliphatic carbocycles. The number of benzene rings is 2. The molecule has 0 aromatic heterocycles. The van der Waals surface area contributed by atoms with E-state index < -0.39 is 5.92 Å². The standard InChI is InChI=1S/C22H22N2O6/c25-21-9-14(12-24(21)15-5-6-18-20(10-15)28-8-7-27-18)22(26)23-11-16-13-29-17-3-1-2-4-19(17)30-16/h1-6,10,14,16H,7-9,11-13H2,(H,23,26)/t14-,16-/m1/s1. The lowest BCUT2D eigenvalue weighted by atomic mass is 10.1. The summed E-state index contributed by atoms with van der Waals surface area (Å²) in [5.41, 5.74) is 0.708. The number of nitrogens with zero attached hydrogens (tertiary/aromatic N) is 1. The Kier molecular flexibility index (Phi) is 4.82. The monoisotopic (exact) mass is 410 g/mol. The molecule has 0 spiro atoms. The average molecular weight is 410 g/mol. The second-order valence-electron chi connectivity index (χ2n) is 7.48. The van der Waals surface area contributed by atoms with Gasteiger partial charge in [-0.1, -0.05) is 12.1 Å². The van der Waals surface area contributed by atoms with Gasteiger partial charge in [-0.05, 0) is 24.3 Å². The molecule has 0 saturated carbocycles. The molecule has 0 radical (unpaired) electrons. The maximum atomic E-state index is 12.7. The highest BCUT2D eigenvalue weighted by Crippen LogP contribution is 2.36. The van der Waals surface area contributed by atoms with Crippen LogP contribution in [0, 0.1) is 5.92 Å². The molecule has 3 aliphatic heterocycles. The minimum atomic E-state index is -0.414. The van der Waals surface area contributed by atoms with Gasteiger partial charge in [0.05, 0.1) is 12.5 Å².